The number of likely N-dealkylation sites (N-methyl/N-ethyl adjacent to an activating group) is 1. The summed E-state index contributed by atoms with van der Waals surface area (Å²) in [5, 5.41) is 3.43. The van der Waals surface area contributed by atoms with E-state index in [0.717, 1.165) is 38.4 Å². The third-order valence-electron chi connectivity index (χ3n) is 4.60. The van der Waals surface area contributed by atoms with E-state index in [1.54, 1.807) is 17.0 Å². The Morgan fingerprint density at radius 1 is 1.24 bits per heavy atom. The highest BCUT2D eigenvalue weighted by atomic mass is 35.5. The van der Waals surface area contributed by atoms with Crippen molar-refractivity contribution < 1.29 is 14.1 Å². The number of piperazine rings is 1. The molecular weight excluding hydrogens is 341 g/mol. The molecule has 0 saturated carbocycles. The van der Waals surface area contributed by atoms with Crippen LogP contribution in [0.3, 0.4) is 0 Å². The third kappa shape index (κ3) is 4.30. The maximum Gasteiger partial charge on any atom is 0.255 e. The maximum atomic E-state index is 13.4. The van der Waals surface area contributed by atoms with E-state index < -0.39 is 5.82 Å². The van der Waals surface area contributed by atoms with Crippen molar-refractivity contribution in [2.45, 2.75) is 6.92 Å². The van der Waals surface area contributed by atoms with E-state index in [-0.39, 0.29) is 11.5 Å². The normalized spacial score (nSPS) is 15.2. The first-order valence-corrected chi connectivity index (χ1v) is 8.89. The van der Waals surface area contributed by atoms with Crippen LogP contribution in [0.4, 0.5) is 15.8 Å². The second kappa shape index (κ2) is 7.85. The second-order valence-electron chi connectivity index (χ2n) is 6.22. The van der Waals surface area contributed by atoms with E-state index in [2.05, 4.69) is 17.1 Å². The lowest BCUT2D eigenvalue weighted by Gasteiger charge is -2.34. The zero-order valence-corrected chi connectivity index (χ0v) is 14.9. The number of anilines is 2. The van der Waals surface area contributed by atoms with Gasteiger partial charge in [0.15, 0.2) is 0 Å². The van der Waals surface area contributed by atoms with Crippen LogP contribution < -0.4 is 15.1 Å². The van der Waals surface area contributed by atoms with Gasteiger partial charge in [0.25, 0.3) is 5.91 Å². The predicted molar refractivity (Wildman–Crippen MR) is 99.3 cm³/mol. The van der Waals surface area contributed by atoms with Crippen LogP contribution in [0.15, 0.2) is 42.5 Å². The summed E-state index contributed by atoms with van der Waals surface area (Å²) in [4.78, 5) is 16.3. The molecule has 0 spiro atoms. The number of carbonyl (C=O) groups is 1. The Balaban J connectivity index is 1.81. The van der Waals surface area contributed by atoms with Gasteiger partial charge in [-0.2, -0.15) is 0 Å². The van der Waals surface area contributed by atoms with E-state index in [0.29, 0.717) is 10.7 Å². The summed E-state index contributed by atoms with van der Waals surface area (Å²) < 4.78 is 13.4. The highest BCUT2D eigenvalue weighted by molar-refractivity contribution is 6.31. The molecular formula is C19H22ClFN3O+. The number of amides is 1. The number of carbonyl (C=O) groups excluding carboxylic acids is 1. The van der Waals surface area contributed by atoms with Crippen LogP contribution in [0.1, 0.15) is 17.3 Å². The van der Waals surface area contributed by atoms with E-state index in [1.807, 2.05) is 12.1 Å². The summed E-state index contributed by atoms with van der Waals surface area (Å²) in [7, 11) is 0. The van der Waals surface area contributed by atoms with Gasteiger partial charge < -0.3 is 15.1 Å². The standard InChI is InChI=1S/C19H21ClFN3O/c1-2-23-8-10-24(11-9-23)18-7-6-15(20)13-17(18)22-19(25)14-4-3-5-16(21)12-14/h3-7,12-13H,2,8-11H2,1H3,(H,22,25)/p+1. The minimum atomic E-state index is -0.433. The maximum absolute atomic E-state index is 13.4. The fraction of sp³-hybridized carbons (Fsp3) is 0.316. The number of nitrogens with one attached hydrogen (secondary N) is 2. The highest BCUT2D eigenvalue weighted by Crippen LogP contribution is 2.29. The topological polar surface area (TPSA) is 36.8 Å². The summed E-state index contributed by atoms with van der Waals surface area (Å²) in [6.07, 6.45) is 0. The molecule has 0 aliphatic carbocycles. The number of nitrogens with zero attached hydrogens (tertiary/aromatic N) is 1. The lowest BCUT2D eigenvalue weighted by molar-refractivity contribution is -0.898. The molecule has 0 bridgehead atoms. The molecule has 0 atom stereocenters. The summed E-state index contributed by atoms with van der Waals surface area (Å²) in [5.41, 5.74) is 1.89. The minimum absolute atomic E-state index is 0.283. The Bertz CT molecular complexity index is 760. The highest BCUT2D eigenvalue weighted by Gasteiger charge is 2.21. The van der Waals surface area contributed by atoms with E-state index in [4.69, 9.17) is 11.6 Å². The Hall–Kier alpha value is -2.11. The van der Waals surface area contributed by atoms with Crippen LogP contribution in [0.25, 0.3) is 0 Å². The van der Waals surface area contributed by atoms with Crippen molar-refractivity contribution in [3.05, 3.63) is 58.9 Å². The number of hydrogen-bond donors (Lipinski definition) is 2. The summed E-state index contributed by atoms with van der Waals surface area (Å²) >= 11 is 6.12. The number of quaternary nitrogens is 1. The van der Waals surface area contributed by atoms with E-state index >= 15 is 0 Å². The average Bonchev–Trinajstić information content (AvgIpc) is 2.62. The molecule has 6 heteroatoms. The molecule has 1 heterocycles. The van der Waals surface area contributed by atoms with Crippen molar-refractivity contribution in [3.63, 3.8) is 0 Å². The van der Waals surface area contributed by atoms with Crippen LogP contribution in [0, 0.1) is 5.82 Å². The first-order chi connectivity index (χ1) is 12.1. The van der Waals surface area contributed by atoms with Gasteiger partial charge in [-0.05, 0) is 43.3 Å². The molecule has 4 nitrogen and oxygen atoms in total. The summed E-state index contributed by atoms with van der Waals surface area (Å²) in [6, 6.07) is 11.2. The third-order valence-corrected chi connectivity index (χ3v) is 4.84. The van der Waals surface area contributed by atoms with Crippen molar-refractivity contribution >= 4 is 28.9 Å². The van der Waals surface area contributed by atoms with Crippen LogP contribution in [0.5, 0.6) is 0 Å². The van der Waals surface area contributed by atoms with Gasteiger partial charge in [-0.1, -0.05) is 17.7 Å². The first-order valence-electron chi connectivity index (χ1n) is 8.52. The minimum Gasteiger partial charge on any atom is -0.359 e. The Morgan fingerprint density at radius 3 is 2.68 bits per heavy atom. The monoisotopic (exact) mass is 362 g/mol. The number of hydrogen-bond acceptors (Lipinski definition) is 2. The fourth-order valence-corrected chi connectivity index (χ4v) is 3.30. The number of halogens is 2. The Kier molecular flexibility index (Phi) is 5.56. The molecule has 1 aliphatic rings. The van der Waals surface area contributed by atoms with Gasteiger partial charge in [-0.15, -0.1) is 0 Å². The SMILES string of the molecule is CC[NH+]1CCN(c2ccc(Cl)cc2NC(=O)c2cccc(F)c2)CC1. The lowest BCUT2D eigenvalue weighted by Crippen LogP contribution is -3.14. The van der Waals surface area contributed by atoms with Crippen molar-refractivity contribution in [2.75, 3.05) is 42.9 Å². The van der Waals surface area contributed by atoms with Gasteiger partial charge in [0, 0.05) is 10.6 Å². The molecule has 1 amide bonds. The molecule has 0 unspecified atom stereocenters. The summed E-state index contributed by atoms with van der Waals surface area (Å²) in [6.45, 7) is 7.30. The van der Waals surface area contributed by atoms with Crippen molar-refractivity contribution in [1.82, 2.24) is 0 Å². The smallest absolute Gasteiger partial charge is 0.255 e. The van der Waals surface area contributed by atoms with Crippen molar-refractivity contribution in [1.29, 1.82) is 0 Å². The quantitative estimate of drug-likeness (QED) is 0.876. The largest absolute Gasteiger partial charge is 0.359 e. The van der Waals surface area contributed by atoms with Crippen LogP contribution in [-0.4, -0.2) is 38.6 Å². The number of rotatable bonds is 4. The first kappa shape index (κ1) is 17.7. The van der Waals surface area contributed by atoms with Crippen LogP contribution in [-0.2, 0) is 0 Å². The van der Waals surface area contributed by atoms with E-state index in [1.165, 1.54) is 18.2 Å². The molecule has 25 heavy (non-hydrogen) atoms. The van der Waals surface area contributed by atoms with Crippen LogP contribution >= 0.6 is 11.6 Å². The molecule has 2 aromatic rings. The second-order valence-corrected chi connectivity index (χ2v) is 6.65. The van der Waals surface area contributed by atoms with Gasteiger partial charge in [-0.3, -0.25) is 4.79 Å². The molecule has 1 saturated heterocycles. The van der Waals surface area contributed by atoms with Gasteiger partial charge in [0.05, 0.1) is 44.1 Å². The zero-order valence-electron chi connectivity index (χ0n) is 14.2. The lowest BCUT2D eigenvalue weighted by atomic mass is 10.1. The molecule has 2 aromatic carbocycles. The Morgan fingerprint density at radius 2 is 2.00 bits per heavy atom. The molecule has 1 fully saturated rings. The van der Waals surface area contributed by atoms with Gasteiger partial charge in [0.1, 0.15) is 5.82 Å². The fourth-order valence-electron chi connectivity index (χ4n) is 3.13. The van der Waals surface area contributed by atoms with Gasteiger partial charge >= 0.3 is 0 Å². The van der Waals surface area contributed by atoms with Gasteiger partial charge in [-0.25, -0.2) is 4.39 Å². The van der Waals surface area contributed by atoms with Crippen molar-refractivity contribution in [3.8, 4) is 0 Å². The van der Waals surface area contributed by atoms with Crippen molar-refractivity contribution in [2.24, 2.45) is 0 Å². The van der Waals surface area contributed by atoms with E-state index in [9.17, 15) is 9.18 Å². The van der Waals surface area contributed by atoms with Crippen LogP contribution in [0.2, 0.25) is 5.02 Å². The molecule has 3 rings (SSSR count). The molecule has 0 aromatic heterocycles. The zero-order chi connectivity index (χ0) is 17.8. The molecule has 0 radical (unpaired) electrons. The molecule has 1 aliphatic heterocycles. The number of benzene rings is 2. The van der Waals surface area contributed by atoms with Gasteiger partial charge in [0.2, 0.25) is 0 Å². The molecule has 132 valence electrons. The predicted octanol–water partition coefficient (Wildman–Crippen LogP) is 2.46. The summed E-state index contributed by atoms with van der Waals surface area (Å²) in [5.74, 6) is -0.779. The Labute approximate surface area is 152 Å². The average molecular weight is 363 g/mol. The molecule has 2 N–H and O–H groups in total.